The lowest BCUT2D eigenvalue weighted by Gasteiger charge is -2.36. The van der Waals surface area contributed by atoms with E-state index in [9.17, 15) is 10.1 Å². The van der Waals surface area contributed by atoms with Gasteiger partial charge in [-0.25, -0.2) is 4.98 Å². The molecule has 0 aliphatic carbocycles. The Balaban J connectivity index is 1.58. The minimum atomic E-state index is -0.249. The average molecular weight is 340 g/mol. The number of nitrogens with zero attached hydrogens (tertiary/aromatic N) is 6. The summed E-state index contributed by atoms with van der Waals surface area (Å²) in [5.41, 5.74) is 0. The third-order valence-electron chi connectivity index (χ3n) is 4.09. The maximum Gasteiger partial charge on any atom is 0.242 e. The molecule has 8 heteroatoms. The van der Waals surface area contributed by atoms with Gasteiger partial charge in [-0.3, -0.25) is 9.69 Å². The van der Waals surface area contributed by atoms with E-state index in [1.165, 1.54) is 6.20 Å². The predicted octanol–water partition coefficient (Wildman–Crippen LogP) is 1.23. The third kappa shape index (κ3) is 3.30. The largest absolute Gasteiger partial charge is 0.339 e. The highest BCUT2D eigenvalue weighted by Gasteiger charge is 2.27. The molecule has 3 heterocycles. The molecule has 0 unspecified atom stereocenters. The Bertz CT molecular complexity index is 776. The Kier molecular flexibility index (Phi) is 4.90. The number of carbonyl (C=O) groups is 1. The maximum absolute atomic E-state index is 12.4. The normalized spacial score (nSPS) is 16.3. The second-order valence-electron chi connectivity index (χ2n) is 5.45. The lowest BCUT2D eigenvalue weighted by atomic mass is 10.2. The van der Waals surface area contributed by atoms with Crippen molar-refractivity contribution in [1.82, 2.24) is 19.4 Å². The number of thiophene rings is 1. The van der Waals surface area contributed by atoms with Crippen LogP contribution in [0, 0.1) is 22.7 Å². The molecule has 0 bridgehead atoms. The Morgan fingerprint density at radius 3 is 2.75 bits per heavy atom. The van der Waals surface area contributed by atoms with E-state index in [4.69, 9.17) is 5.26 Å². The van der Waals surface area contributed by atoms with Crippen LogP contribution in [0.4, 0.5) is 0 Å². The topological polar surface area (TPSA) is 88.9 Å². The number of hydrogen-bond acceptors (Lipinski definition) is 6. The van der Waals surface area contributed by atoms with Gasteiger partial charge in [0.1, 0.15) is 18.7 Å². The van der Waals surface area contributed by atoms with Crippen molar-refractivity contribution < 1.29 is 4.79 Å². The van der Waals surface area contributed by atoms with E-state index in [-0.39, 0.29) is 24.3 Å². The fraction of sp³-hybridized carbons (Fsp3) is 0.375. The smallest absolute Gasteiger partial charge is 0.242 e. The minimum Gasteiger partial charge on any atom is -0.339 e. The van der Waals surface area contributed by atoms with Gasteiger partial charge in [-0.1, -0.05) is 6.07 Å². The first-order chi connectivity index (χ1) is 11.7. The zero-order valence-electron chi connectivity index (χ0n) is 13.0. The molecule has 1 atom stereocenters. The van der Waals surface area contributed by atoms with Gasteiger partial charge in [-0.15, -0.1) is 11.3 Å². The summed E-state index contributed by atoms with van der Waals surface area (Å²) in [7, 11) is 0. The Hall–Kier alpha value is -2.68. The molecule has 2 aromatic rings. The fourth-order valence-electron chi connectivity index (χ4n) is 2.80. The van der Waals surface area contributed by atoms with Crippen LogP contribution in [0.3, 0.4) is 0 Å². The van der Waals surface area contributed by atoms with Gasteiger partial charge >= 0.3 is 0 Å². The number of amides is 1. The molecule has 0 radical (unpaired) electrons. The van der Waals surface area contributed by atoms with Crippen molar-refractivity contribution >= 4 is 17.2 Å². The van der Waals surface area contributed by atoms with Crippen molar-refractivity contribution in [2.45, 2.75) is 12.6 Å². The molecule has 122 valence electrons. The van der Waals surface area contributed by atoms with Crippen LogP contribution >= 0.6 is 11.3 Å². The molecular weight excluding hydrogens is 324 g/mol. The van der Waals surface area contributed by atoms with Crippen LogP contribution in [0.5, 0.6) is 0 Å². The Morgan fingerprint density at radius 1 is 1.33 bits per heavy atom. The molecule has 2 aromatic heterocycles. The summed E-state index contributed by atoms with van der Waals surface area (Å²) in [6.07, 6.45) is 3.15. The van der Waals surface area contributed by atoms with Crippen molar-refractivity contribution in [1.29, 1.82) is 10.5 Å². The van der Waals surface area contributed by atoms with Gasteiger partial charge in [-0.2, -0.15) is 10.5 Å². The van der Waals surface area contributed by atoms with Gasteiger partial charge in [0.05, 0.1) is 6.07 Å². The first kappa shape index (κ1) is 16.2. The molecule has 1 amide bonds. The summed E-state index contributed by atoms with van der Waals surface area (Å²) in [4.78, 5) is 21.2. The van der Waals surface area contributed by atoms with Crippen molar-refractivity contribution in [2.24, 2.45) is 0 Å². The number of imidazole rings is 1. The van der Waals surface area contributed by atoms with Gasteiger partial charge in [0, 0.05) is 43.4 Å². The fourth-order valence-corrected chi connectivity index (χ4v) is 3.60. The van der Waals surface area contributed by atoms with E-state index in [2.05, 4.69) is 16.0 Å². The quantitative estimate of drug-likeness (QED) is 0.835. The predicted molar refractivity (Wildman–Crippen MR) is 87.8 cm³/mol. The number of nitriles is 2. The summed E-state index contributed by atoms with van der Waals surface area (Å²) >= 11 is 1.58. The third-order valence-corrected chi connectivity index (χ3v) is 5.01. The summed E-state index contributed by atoms with van der Waals surface area (Å²) in [6.45, 7) is 2.61. The van der Waals surface area contributed by atoms with Crippen LogP contribution in [0.15, 0.2) is 29.9 Å². The number of rotatable bonds is 4. The molecule has 7 nitrogen and oxygen atoms in total. The molecule has 1 aliphatic heterocycles. The van der Waals surface area contributed by atoms with E-state index >= 15 is 0 Å². The van der Waals surface area contributed by atoms with Crippen LogP contribution in [-0.4, -0.2) is 51.4 Å². The molecule has 1 aliphatic rings. The van der Waals surface area contributed by atoms with Crippen molar-refractivity contribution in [3.8, 4) is 12.1 Å². The highest BCUT2D eigenvalue weighted by Crippen LogP contribution is 2.25. The molecule has 0 spiro atoms. The number of carbonyl (C=O) groups excluding carboxylic acids is 1. The molecule has 0 N–H and O–H groups in total. The summed E-state index contributed by atoms with van der Waals surface area (Å²) in [5.74, 6) is 0.206. The van der Waals surface area contributed by atoms with Crippen LogP contribution < -0.4 is 0 Å². The second kappa shape index (κ2) is 7.26. The van der Waals surface area contributed by atoms with Gasteiger partial charge < -0.3 is 9.47 Å². The molecule has 0 saturated carbocycles. The van der Waals surface area contributed by atoms with Crippen molar-refractivity contribution in [3.05, 3.63) is 40.6 Å². The number of hydrogen-bond donors (Lipinski definition) is 0. The van der Waals surface area contributed by atoms with Gasteiger partial charge in [0.25, 0.3) is 0 Å². The van der Waals surface area contributed by atoms with Crippen molar-refractivity contribution in [3.63, 3.8) is 0 Å². The zero-order chi connectivity index (χ0) is 16.9. The monoisotopic (exact) mass is 340 g/mol. The lowest BCUT2D eigenvalue weighted by Crippen LogP contribution is -2.50. The standard InChI is InChI=1S/C16H16N6OS/c17-10-13(14-2-1-9-24-14)20-5-7-21(8-6-20)16(23)12-22-4-3-19-15(22)11-18/h1-4,9,13H,5-8,12H2/t13-/m0/s1. The van der Waals surface area contributed by atoms with E-state index < -0.39 is 0 Å². The highest BCUT2D eigenvalue weighted by atomic mass is 32.1. The SMILES string of the molecule is N#Cc1nccn1CC(=O)N1CCN([C@@H](C#N)c2cccs2)CC1. The van der Waals surface area contributed by atoms with E-state index in [0.717, 1.165) is 4.88 Å². The summed E-state index contributed by atoms with van der Waals surface area (Å²) < 4.78 is 1.55. The molecular formula is C16H16N6OS. The summed E-state index contributed by atoms with van der Waals surface area (Å²) in [5, 5.41) is 20.4. The Morgan fingerprint density at radius 2 is 2.12 bits per heavy atom. The van der Waals surface area contributed by atoms with E-state index in [1.54, 1.807) is 27.0 Å². The van der Waals surface area contributed by atoms with Crippen LogP contribution in [0.25, 0.3) is 0 Å². The van der Waals surface area contributed by atoms with E-state index in [1.807, 2.05) is 23.6 Å². The molecule has 24 heavy (non-hydrogen) atoms. The first-order valence-corrected chi connectivity index (χ1v) is 8.47. The molecule has 0 aromatic carbocycles. The maximum atomic E-state index is 12.4. The second-order valence-corrected chi connectivity index (χ2v) is 6.43. The Labute approximate surface area is 144 Å². The lowest BCUT2D eigenvalue weighted by molar-refractivity contribution is -0.133. The highest BCUT2D eigenvalue weighted by molar-refractivity contribution is 7.10. The van der Waals surface area contributed by atoms with Crippen LogP contribution in [0.1, 0.15) is 16.7 Å². The first-order valence-electron chi connectivity index (χ1n) is 7.59. The van der Waals surface area contributed by atoms with Crippen LogP contribution in [0.2, 0.25) is 0 Å². The molecule has 3 rings (SSSR count). The van der Waals surface area contributed by atoms with E-state index in [0.29, 0.717) is 26.2 Å². The molecule has 1 fully saturated rings. The van der Waals surface area contributed by atoms with Gasteiger partial charge in [0.15, 0.2) is 0 Å². The number of piperazine rings is 1. The average Bonchev–Trinajstić information content (AvgIpc) is 3.28. The number of aromatic nitrogens is 2. The zero-order valence-corrected chi connectivity index (χ0v) is 13.8. The van der Waals surface area contributed by atoms with Gasteiger partial charge in [0.2, 0.25) is 11.7 Å². The summed E-state index contributed by atoms with van der Waals surface area (Å²) in [6, 6.07) is 7.99. The minimum absolute atomic E-state index is 0.0335. The molecule has 1 saturated heterocycles. The van der Waals surface area contributed by atoms with Crippen LogP contribution in [-0.2, 0) is 11.3 Å². The van der Waals surface area contributed by atoms with Gasteiger partial charge in [-0.05, 0) is 11.4 Å². The van der Waals surface area contributed by atoms with Crippen molar-refractivity contribution in [2.75, 3.05) is 26.2 Å².